The lowest BCUT2D eigenvalue weighted by atomic mass is 10.1. The summed E-state index contributed by atoms with van der Waals surface area (Å²) < 4.78 is 5.03. The van der Waals surface area contributed by atoms with Gasteiger partial charge in [0, 0.05) is 19.3 Å². The highest BCUT2D eigenvalue weighted by molar-refractivity contribution is 7.43. The normalized spacial score (nSPS) is 14.1. The number of aliphatic carboxylic acids is 4. The monoisotopic (exact) mass is 568 g/mol. The summed E-state index contributed by atoms with van der Waals surface area (Å²) in [6.45, 7) is 0.292. The molecule has 0 bridgehead atoms. The molecule has 0 saturated carbocycles. The van der Waals surface area contributed by atoms with E-state index in [9.17, 15) is 43.9 Å². The molecule has 0 aliphatic carbocycles. The van der Waals surface area contributed by atoms with Crippen LogP contribution in [0.3, 0.4) is 0 Å². The number of nitrogens with two attached hydrogens (primary N) is 1. The number of carbonyl (C=O) groups is 6. The average Bonchev–Trinajstić information content (AvgIpc) is 2.83. The molecule has 0 aliphatic rings. The van der Waals surface area contributed by atoms with Gasteiger partial charge in [-0.15, -0.1) is 0 Å². The van der Waals surface area contributed by atoms with Gasteiger partial charge in [-0.1, -0.05) is 6.42 Å². The quantitative estimate of drug-likeness (QED) is 0.0547. The zero-order valence-electron chi connectivity index (χ0n) is 20.8. The lowest BCUT2D eigenvalue weighted by molar-refractivity contribution is -0.143. The highest BCUT2D eigenvalue weighted by atomic mass is 31.2. The summed E-state index contributed by atoms with van der Waals surface area (Å²) in [5.74, 6) is -6.49. The number of unbranched alkanes of at least 4 members (excludes halogenated alkanes) is 2. The number of nitrogens with one attached hydrogen (secondary N) is 3. The fourth-order valence-corrected chi connectivity index (χ4v) is 3.93. The molecule has 4 atom stereocenters. The zero-order chi connectivity index (χ0) is 29.1. The van der Waals surface area contributed by atoms with Crippen molar-refractivity contribution in [2.75, 3.05) is 13.2 Å². The maximum Gasteiger partial charge on any atom is 0.326 e. The van der Waals surface area contributed by atoms with Crippen LogP contribution >= 0.6 is 8.53 Å². The topological polar surface area (TPSA) is 275 Å². The highest BCUT2D eigenvalue weighted by Crippen LogP contribution is 2.28. The third-order valence-electron chi connectivity index (χ3n) is 5.10. The summed E-state index contributed by atoms with van der Waals surface area (Å²) in [4.78, 5) is 78.5. The van der Waals surface area contributed by atoms with Gasteiger partial charge in [-0.25, -0.2) is 14.7 Å². The molecule has 0 heterocycles. The SMILES string of the molecule is NCCCCCC(=O)NC(CCC(=O)NC(CCCOP(O)NC(CCC(=O)O)C(=O)O)C(=O)O)C(=O)O. The predicted molar refractivity (Wildman–Crippen MR) is 132 cm³/mol. The standard InChI is InChI=1S/C21H37N4O12P/c22-11-3-1-2-6-16(26)24-14(20(32)33)7-9-17(27)23-13(19(30)31)5-4-12-37-38(36)25-15(21(34)35)8-10-18(28)29/h13-15,25,36H,1-12,22H2,(H,23,27)(H,24,26)(H,28,29)(H,30,31)(H,32,33)(H,34,35). The molecule has 0 aromatic carbocycles. The maximum atomic E-state index is 12.2. The van der Waals surface area contributed by atoms with Crippen molar-refractivity contribution in [3.63, 3.8) is 0 Å². The fourth-order valence-electron chi connectivity index (χ4n) is 3.05. The lowest BCUT2D eigenvalue weighted by Gasteiger charge is -2.19. The van der Waals surface area contributed by atoms with Gasteiger partial charge in [0.15, 0.2) is 0 Å². The number of hydrogen-bond acceptors (Lipinski definition) is 10. The van der Waals surface area contributed by atoms with Crippen LogP contribution in [0.25, 0.3) is 0 Å². The minimum atomic E-state index is -2.43. The highest BCUT2D eigenvalue weighted by Gasteiger charge is 2.25. The fraction of sp³-hybridized carbons (Fsp3) is 0.714. The molecule has 4 unspecified atom stereocenters. The number of rotatable bonds is 23. The van der Waals surface area contributed by atoms with Crippen molar-refractivity contribution in [3.8, 4) is 0 Å². The summed E-state index contributed by atoms with van der Waals surface area (Å²) in [6.07, 6.45) is 0.702. The van der Waals surface area contributed by atoms with Crippen LogP contribution in [0.1, 0.15) is 64.2 Å². The van der Waals surface area contributed by atoms with Crippen LogP contribution in [0.15, 0.2) is 0 Å². The molecule has 218 valence electrons. The first-order valence-corrected chi connectivity index (χ1v) is 13.2. The van der Waals surface area contributed by atoms with Gasteiger partial charge < -0.3 is 46.2 Å². The van der Waals surface area contributed by atoms with E-state index in [1.54, 1.807) is 0 Å². The Morgan fingerprint density at radius 3 is 1.74 bits per heavy atom. The Hall–Kier alpha value is -2.91. The molecular formula is C21H37N4O12P. The van der Waals surface area contributed by atoms with Crippen LogP contribution in [0, 0.1) is 0 Å². The minimum Gasteiger partial charge on any atom is -0.481 e. The number of hydrogen-bond donors (Lipinski definition) is 9. The number of carboxylic acid groups (broad SMARTS) is 4. The van der Waals surface area contributed by atoms with Crippen molar-refractivity contribution < 1.29 is 58.6 Å². The number of carboxylic acids is 4. The molecule has 0 aromatic rings. The van der Waals surface area contributed by atoms with Gasteiger partial charge in [-0.3, -0.25) is 19.2 Å². The zero-order valence-corrected chi connectivity index (χ0v) is 21.7. The van der Waals surface area contributed by atoms with Gasteiger partial charge >= 0.3 is 23.9 Å². The Morgan fingerprint density at radius 2 is 1.21 bits per heavy atom. The van der Waals surface area contributed by atoms with E-state index in [-0.39, 0.29) is 45.1 Å². The van der Waals surface area contributed by atoms with Crippen molar-refractivity contribution in [1.29, 1.82) is 0 Å². The van der Waals surface area contributed by atoms with Crippen molar-refractivity contribution in [2.24, 2.45) is 5.73 Å². The Bertz CT molecular complexity index is 800. The van der Waals surface area contributed by atoms with E-state index in [1.165, 1.54) is 0 Å². The van der Waals surface area contributed by atoms with E-state index in [2.05, 4.69) is 15.7 Å². The van der Waals surface area contributed by atoms with Crippen LogP contribution in [0.4, 0.5) is 0 Å². The average molecular weight is 569 g/mol. The second-order valence-electron chi connectivity index (χ2n) is 8.26. The lowest BCUT2D eigenvalue weighted by Crippen LogP contribution is -2.44. The maximum absolute atomic E-state index is 12.2. The first-order valence-electron chi connectivity index (χ1n) is 11.9. The Morgan fingerprint density at radius 1 is 0.684 bits per heavy atom. The molecular weight excluding hydrogens is 531 g/mol. The summed E-state index contributed by atoms with van der Waals surface area (Å²) in [5, 5.41) is 43.2. The third-order valence-corrected chi connectivity index (χ3v) is 6.06. The Balaban J connectivity index is 4.52. The number of amides is 2. The Labute approximate surface area is 220 Å². The van der Waals surface area contributed by atoms with E-state index in [1.807, 2.05) is 0 Å². The molecule has 16 nitrogen and oxygen atoms in total. The van der Waals surface area contributed by atoms with Crippen molar-refractivity contribution in [2.45, 2.75) is 82.3 Å². The predicted octanol–water partition coefficient (Wildman–Crippen LogP) is -0.652. The largest absolute Gasteiger partial charge is 0.481 e. The van der Waals surface area contributed by atoms with Gasteiger partial charge in [0.2, 0.25) is 11.8 Å². The molecule has 0 aromatic heterocycles. The second kappa shape index (κ2) is 20.1. The van der Waals surface area contributed by atoms with Crippen molar-refractivity contribution >= 4 is 44.2 Å². The van der Waals surface area contributed by atoms with Crippen LogP contribution in [-0.4, -0.2) is 92.3 Å². The summed E-state index contributed by atoms with van der Waals surface area (Å²) in [7, 11) is -2.43. The van der Waals surface area contributed by atoms with Crippen LogP contribution in [0.2, 0.25) is 0 Å². The summed E-state index contributed by atoms with van der Waals surface area (Å²) in [5.41, 5.74) is 5.37. The number of carbonyl (C=O) groups excluding carboxylic acids is 2. The van der Waals surface area contributed by atoms with E-state index in [0.29, 0.717) is 13.0 Å². The summed E-state index contributed by atoms with van der Waals surface area (Å²) in [6, 6.07) is -4.02. The molecule has 0 spiro atoms. The van der Waals surface area contributed by atoms with Gasteiger partial charge in [0.25, 0.3) is 8.53 Å². The van der Waals surface area contributed by atoms with Gasteiger partial charge in [-0.2, -0.15) is 0 Å². The van der Waals surface area contributed by atoms with Gasteiger partial charge in [0.05, 0.1) is 6.61 Å². The van der Waals surface area contributed by atoms with Crippen molar-refractivity contribution in [1.82, 2.24) is 15.7 Å². The molecule has 17 heteroatoms. The van der Waals surface area contributed by atoms with Crippen LogP contribution in [0.5, 0.6) is 0 Å². The van der Waals surface area contributed by atoms with Gasteiger partial charge in [-0.05, 0) is 45.1 Å². The molecule has 10 N–H and O–H groups in total. The second-order valence-corrected chi connectivity index (χ2v) is 9.32. The smallest absolute Gasteiger partial charge is 0.326 e. The first-order chi connectivity index (χ1) is 17.9. The first kappa shape index (κ1) is 35.1. The molecule has 38 heavy (non-hydrogen) atoms. The molecule has 0 rings (SSSR count). The molecule has 0 radical (unpaired) electrons. The molecule has 0 aliphatic heterocycles. The molecule has 0 saturated heterocycles. The minimum absolute atomic E-state index is 0.0448. The molecule has 2 amide bonds. The van der Waals surface area contributed by atoms with E-state index in [4.69, 9.17) is 20.5 Å². The van der Waals surface area contributed by atoms with E-state index in [0.717, 1.165) is 12.8 Å². The van der Waals surface area contributed by atoms with Gasteiger partial charge in [0.1, 0.15) is 18.1 Å². The summed E-state index contributed by atoms with van der Waals surface area (Å²) >= 11 is 0. The molecule has 0 fully saturated rings. The Kier molecular flexibility index (Phi) is 18.6. The van der Waals surface area contributed by atoms with E-state index < -0.39 is 68.8 Å². The third kappa shape index (κ3) is 17.5. The van der Waals surface area contributed by atoms with Crippen LogP contribution < -0.4 is 21.5 Å². The van der Waals surface area contributed by atoms with Crippen molar-refractivity contribution in [3.05, 3.63) is 0 Å². The van der Waals surface area contributed by atoms with Crippen LogP contribution in [-0.2, 0) is 33.3 Å². The van der Waals surface area contributed by atoms with E-state index >= 15 is 0 Å².